The Bertz CT molecular complexity index is 530. The summed E-state index contributed by atoms with van der Waals surface area (Å²) in [5.41, 5.74) is 3.41. The Kier molecular flexibility index (Phi) is 4.31. The van der Waals surface area contributed by atoms with Crippen LogP contribution in [0.25, 0.3) is 11.6 Å². The summed E-state index contributed by atoms with van der Waals surface area (Å²) in [5.74, 6) is 0. The summed E-state index contributed by atoms with van der Waals surface area (Å²) >= 11 is 0. The van der Waals surface area contributed by atoms with E-state index in [9.17, 15) is 0 Å². The molecule has 0 bridgehead atoms. The Morgan fingerprint density at radius 2 is 1.56 bits per heavy atom. The van der Waals surface area contributed by atoms with Crippen molar-refractivity contribution in [3.05, 3.63) is 71.8 Å². The fourth-order valence-electron chi connectivity index (χ4n) is 1.80. The maximum Gasteiger partial charge on any atom is 0.0479 e. The lowest BCUT2D eigenvalue weighted by Crippen LogP contribution is -1.86. The Morgan fingerprint density at radius 3 is 2.17 bits per heavy atom. The summed E-state index contributed by atoms with van der Waals surface area (Å²) in [4.78, 5) is 0. The zero-order valence-electron chi connectivity index (χ0n) is 10.0. The minimum absolute atomic E-state index is 0.607. The van der Waals surface area contributed by atoms with Crippen molar-refractivity contribution in [2.45, 2.75) is 6.42 Å². The molecule has 0 spiro atoms. The first-order valence-corrected chi connectivity index (χ1v) is 5.87. The summed E-state index contributed by atoms with van der Waals surface area (Å²) in [5, 5.41) is 11.6. The van der Waals surface area contributed by atoms with Gasteiger partial charge in [0.15, 0.2) is 0 Å². The predicted octanol–water partition coefficient (Wildman–Crippen LogP) is 4.08. The zero-order chi connectivity index (χ0) is 12.6. The van der Waals surface area contributed by atoms with Gasteiger partial charge in [-0.05, 0) is 16.7 Å². The van der Waals surface area contributed by atoms with E-state index >= 15 is 0 Å². The van der Waals surface area contributed by atoms with Gasteiger partial charge in [0, 0.05) is 12.6 Å². The Balaban J connectivity index is 2.34. The lowest BCUT2D eigenvalue weighted by atomic mass is 10.0. The molecular weight excluding hydrogens is 222 g/mol. The second-order valence-electron chi connectivity index (χ2n) is 3.95. The highest BCUT2D eigenvalue weighted by atomic mass is 16.4. The highest BCUT2D eigenvalue weighted by Gasteiger charge is 2.00. The molecule has 2 rings (SSSR count). The minimum Gasteiger partial charge on any atom is -0.411 e. The van der Waals surface area contributed by atoms with E-state index in [1.165, 1.54) is 6.21 Å². The molecule has 1 N–H and O–H groups in total. The van der Waals surface area contributed by atoms with Crippen LogP contribution in [0.5, 0.6) is 0 Å². The number of benzene rings is 2. The van der Waals surface area contributed by atoms with Gasteiger partial charge in [-0.25, -0.2) is 0 Å². The van der Waals surface area contributed by atoms with E-state index in [4.69, 9.17) is 5.21 Å². The fraction of sp³-hybridized carbons (Fsp3) is 0.0625. The smallest absolute Gasteiger partial charge is 0.0479 e. The Hall–Kier alpha value is -2.35. The van der Waals surface area contributed by atoms with E-state index in [0.717, 1.165) is 16.7 Å². The minimum atomic E-state index is 0.607. The van der Waals surface area contributed by atoms with Crippen LogP contribution in [0.2, 0.25) is 0 Å². The van der Waals surface area contributed by atoms with Crippen LogP contribution in [0.1, 0.15) is 17.5 Å². The third kappa shape index (κ3) is 3.32. The molecule has 0 saturated heterocycles. The lowest BCUT2D eigenvalue weighted by molar-refractivity contribution is 0.321. The van der Waals surface area contributed by atoms with Gasteiger partial charge >= 0.3 is 0 Å². The van der Waals surface area contributed by atoms with Crippen molar-refractivity contribution in [2.24, 2.45) is 5.16 Å². The molecule has 2 heteroatoms. The molecule has 0 atom stereocenters. The molecule has 0 heterocycles. The summed E-state index contributed by atoms with van der Waals surface area (Å²) in [6.45, 7) is 0. The number of hydrogen-bond acceptors (Lipinski definition) is 2. The fourth-order valence-corrected chi connectivity index (χ4v) is 1.80. The first-order valence-electron chi connectivity index (χ1n) is 5.87. The maximum atomic E-state index is 8.57. The van der Waals surface area contributed by atoms with Gasteiger partial charge < -0.3 is 5.21 Å². The molecule has 2 nitrogen and oxygen atoms in total. The van der Waals surface area contributed by atoms with Crippen molar-refractivity contribution < 1.29 is 5.21 Å². The topological polar surface area (TPSA) is 32.6 Å². The first-order chi connectivity index (χ1) is 8.90. The summed E-state index contributed by atoms with van der Waals surface area (Å²) in [6, 6.07) is 20.2. The van der Waals surface area contributed by atoms with Crippen molar-refractivity contribution in [2.75, 3.05) is 0 Å². The van der Waals surface area contributed by atoms with E-state index in [2.05, 4.69) is 35.5 Å². The molecule has 0 saturated carbocycles. The van der Waals surface area contributed by atoms with Crippen LogP contribution in [0.3, 0.4) is 0 Å². The van der Waals surface area contributed by atoms with E-state index in [-0.39, 0.29) is 0 Å². The van der Waals surface area contributed by atoms with Crippen LogP contribution < -0.4 is 0 Å². The number of rotatable bonds is 4. The van der Waals surface area contributed by atoms with Crippen LogP contribution in [0.15, 0.2) is 65.8 Å². The SMILES string of the molecule is O/N=C/C/C(=C\c1ccccc1)c1ccccc1. The van der Waals surface area contributed by atoms with Crippen LogP contribution >= 0.6 is 0 Å². The van der Waals surface area contributed by atoms with E-state index in [1.807, 2.05) is 36.4 Å². The second kappa shape index (κ2) is 6.40. The molecule has 0 amide bonds. The van der Waals surface area contributed by atoms with Crippen LogP contribution in [0.4, 0.5) is 0 Å². The van der Waals surface area contributed by atoms with Crippen molar-refractivity contribution in [1.29, 1.82) is 0 Å². The monoisotopic (exact) mass is 237 g/mol. The van der Waals surface area contributed by atoms with Gasteiger partial charge in [-0.2, -0.15) is 0 Å². The molecule has 90 valence electrons. The number of nitrogens with zero attached hydrogens (tertiary/aromatic N) is 1. The van der Waals surface area contributed by atoms with Gasteiger partial charge in [0.1, 0.15) is 0 Å². The van der Waals surface area contributed by atoms with Crippen LogP contribution in [-0.2, 0) is 0 Å². The normalized spacial score (nSPS) is 11.9. The molecule has 0 radical (unpaired) electrons. The highest BCUT2D eigenvalue weighted by molar-refractivity contribution is 5.88. The molecule has 0 fully saturated rings. The molecule has 2 aromatic carbocycles. The first kappa shape index (κ1) is 12.1. The van der Waals surface area contributed by atoms with Gasteiger partial charge in [0.05, 0.1) is 0 Å². The number of allylic oxidation sites excluding steroid dienone is 1. The zero-order valence-corrected chi connectivity index (χ0v) is 10.0. The van der Waals surface area contributed by atoms with Crippen LogP contribution in [-0.4, -0.2) is 11.4 Å². The lowest BCUT2D eigenvalue weighted by Gasteiger charge is -2.05. The average molecular weight is 237 g/mol. The van der Waals surface area contributed by atoms with Gasteiger partial charge in [0.25, 0.3) is 0 Å². The highest BCUT2D eigenvalue weighted by Crippen LogP contribution is 2.20. The number of hydrogen-bond donors (Lipinski definition) is 1. The maximum absolute atomic E-state index is 8.57. The average Bonchev–Trinajstić information content (AvgIpc) is 2.45. The van der Waals surface area contributed by atoms with Gasteiger partial charge in [-0.15, -0.1) is 5.16 Å². The quantitative estimate of drug-likeness (QED) is 0.369. The van der Waals surface area contributed by atoms with Gasteiger partial charge in [-0.3, -0.25) is 0 Å². The van der Waals surface area contributed by atoms with Crippen molar-refractivity contribution in [3.63, 3.8) is 0 Å². The van der Waals surface area contributed by atoms with E-state index < -0.39 is 0 Å². The molecule has 18 heavy (non-hydrogen) atoms. The Morgan fingerprint density at radius 1 is 0.944 bits per heavy atom. The van der Waals surface area contributed by atoms with Crippen LogP contribution in [0, 0.1) is 0 Å². The molecule has 0 aliphatic heterocycles. The van der Waals surface area contributed by atoms with Crippen molar-refractivity contribution in [1.82, 2.24) is 0 Å². The summed E-state index contributed by atoms with van der Waals surface area (Å²) < 4.78 is 0. The second-order valence-corrected chi connectivity index (χ2v) is 3.95. The number of oxime groups is 1. The van der Waals surface area contributed by atoms with E-state index in [0.29, 0.717) is 6.42 Å². The van der Waals surface area contributed by atoms with Gasteiger partial charge in [0.2, 0.25) is 0 Å². The largest absolute Gasteiger partial charge is 0.411 e. The molecule has 0 unspecified atom stereocenters. The third-order valence-electron chi connectivity index (χ3n) is 2.68. The van der Waals surface area contributed by atoms with Crippen molar-refractivity contribution in [3.8, 4) is 0 Å². The summed E-state index contributed by atoms with van der Waals surface area (Å²) in [6.07, 6.45) is 4.22. The van der Waals surface area contributed by atoms with Gasteiger partial charge in [-0.1, -0.05) is 66.7 Å². The molecule has 2 aromatic rings. The Labute approximate surface area is 107 Å². The molecular formula is C16H15NO. The summed E-state index contributed by atoms with van der Waals surface area (Å²) in [7, 11) is 0. The van der Waals surface area contributed by atoms with Crippen molar-refractivity contribution >= 4 is 17.9 Å². The molecule has 0 aromatic heterocycles. The van der Waals surface area contributed by atoms with E-state index in [1.54, 1.807) is 0 Å². The standard InChI is InChI=1S/C16H15NO/c18-17-12-11-16(15-9-5-2-6-10-15)13-14-7-3-1-4-8-14/h1-10,12-13,18H,11H2/b16-13+,17-12+. The molecule has 0 aliphatic carbocycles. The predicted molar refractivity (Wildman–Crippen MR) is 75.7 cm³/mol. The molecule has 0 aliphatic rings. The third-order valence-corrected chi connectivity index (χ3v) is 2.68.